The number of halogens is 4. The number of nitrogens with two attached hydrogens (primary N) is 1. The quantitative estimate of drug-likeness (QED) is 0.663. The van der Waals surface area contributed by atoms with Crippen LogP contribution in [-0.4, -0.2) is 33.6 Å². The number of hydrogen-bond donors (Lipinski definition) is 3. The molecule has 0 radical (unpaired) electrons. The third kappa shape index (κ3) is 6.11. The van der Waals surface area contributed by atoms with Gasteiger partial charge in [-0.1, -0.05) is 6.42 Å². The van der Waals surface area contributed by atoms with Gasteiger partial charge in [0.15, 0.2) is 0 Å². The minimum Gasteiger partial charge on any atom is -0.330 e. The van der Waals surface area contributed by atoms with Crippen LogP contribution < -0.4 is 15.8 Å². The highest BCUT2D eigenvalue weighted by molar-refractivity contribution is 7.89. The topological polar surface area (TPSA) is 101 Å². The van der Waals surface area contributed by atoms with Crippen molar-refractivity contribution in [3.63, 3.8) is 0 Å². The number of benzene rings is 1. The molecule has 2 rings (SSSR count). The average molecular weight is 416 g/mol. The largest absolute Gasteiger partial charge is 0.402 e. The summed E-state index contributed by atoms with van der Waals surface area (Å²) in [7, 11) is -4.27. The fourth-order valence-electron chi connectivity index (χ4n) is 2.88. The molecule has 0 aliphatic heterocycles. The van der Waals surface area contributed by atoms with Gasteiger partial charge in [0.2, 0.25) is 15.9 Å². The first-order valence-corrected chi connectivity index (χ1v) is 9.28. The van der Waals surface area contributed by atoms with Crippen molar-refractivity contribution in [1.29, 1.82) is 0 Å². The first-order chi connectivity index (χ1) is 11.6. The number of carbonyl (C=O) groups excluding carboxylic acids is 1. The van der Waals surface area contributed by atoms with E-state index in [0.717, 1.165) is 31.4 Å². The zero-order valence-corrected chi connectivity index (χ0v) is 15.4. The molecule has 4 N–H and O–H groups in total. The van der Waals surface area contributed by atoms with E-state index in [2.05, 4.69) is 5.32 Å². The molecule has 0 aromatic heterocycles. The molecule has 2 atom stereocenters. The van der Waals surface area contributed by atoms with E-state index in [-0.39, 0.29) is 35.0 Å². The van der Waals surface area contributed by atoms with Gasteiger partial charge in [-0.2, -0.15) is 13.2 Å². The molecular formula is C15H21ClF3N3O3S. The Kier molecular flexibility index (Phi) is 7.87. The summed E-state index contributed by atoms with van der Waals surface area (Å²) in [5, 5.41) is 2.69. The van der Waals surface area contributed by atoms with Crippen molar-refractivity contribution < 1.29 is 26.4 Å². The van der Waals surface area contributed by atoms with Crippen LogP contribution in [0.15, 0.2) is 29.2 Å². The highest BCUT2D eigenvalue weighted by atomic mass is 35.5. The smallest absolute Gasteiger partial charge is 0.330 e. The first-order valence-electron chi connectivity index (χ1n) is 7.80. The summed E-state index contributed by atoms with van der Waals surface area (Å²) in [5.74, 6) is -0.230. The molecule has 11 heteroatoms. The van der Waals surface area contributed by atoms with Crippen LogP contribution >= 0.6 is 12.4 Å². The minimum atomic E-state index is -4.64. The van der Waals surface area contributed by atoms with Crippen LogP contribution in [0.2, 0.25) is 0 Å². The zero-order valence-electron chi connectivity index (χ0n) is 13.8. The van der Waals surface area contributed by atoms with Gasteiger partial charge in [-0.3, -0.25) is 4.79 Å². The molecule has 1 aliphatic rings. The van der Waals surface area contributed by atoms with Gasteiger partial charge < -0.3 is 11.1 Å². The molecule has 26 heavy (non-hydrogen) atoms. The maximum atomic E-state index is 12.3. The molecule has 6 nitrogen and oxygen atoms in total. The Bertz CT molecular complexity index is 711. The molecule has 1 amide bonds. The van der Waals surface area contributed by atoms with E-state index in [4.69, 9.17) is 5.73 Å². The Morgan fingerprint density at radius 3 is 2.35 bits per heavy atom. The lowest BCUT2D eigenvalue weighted by Gasteiger charge is -2.17. The lowest BCUT2D eigenvalue weighted by Crippen LogP contribution is -2.33. The lowest BCUT2D eigenvalue weighted by atomic mass is 9.95. The Hall–Kier alpha value is -1.36. The summed E-state index contributed by atoms with van der Waals surface area (Å²) in [4.78, 5) is 11.9. The number of hydrogen-bond acceptors (Lipinski definition) is 4. The van der Waals surface area contributed by atoms with Gasteiger partial charge in [-0.25, -0.2) is 13.1 Å². The summed E-state index contributed by atoms with van der Waals surface area (Å²) < 4.78 is 61.5. The number of alkyl halides is 3. The molecule has 1 aromatic carbocycles. The Morgan fingerprint density at radius 1 is 1.19 bits per heavy atom. The lowest BCUT2D eigenvalue weighted by molar-refractivity contribution is -0.121. The Balaban J connectivity index is 0.00000338. The fourth-order valence-corrected chi connectivity index (χ4v) is 3.89. The highest BCUT2D eigenvalue weighted by Crippen LogP contribution is 2.32. The summed E-state index contributed by atoms with van der Waals surface area (Å²) >= 11 is 0. The summed E-state index contributed by atoms with van der Waals surface area (Å²) in [6.07, 6.45) is -2.05. The summed E-state index contributed by atoms with van der Waals surface area (Å²) in [6, 6.07) is 4.96. The van der Waals surface area contributed by atoms with Crippen molar-refractivity contribution in [3.8, 4) is 0 Å². The summed E-state index contributed by atoms with van der Waals surface area (Å²) in [5.41, 5.74) is 6.03. The number of sulfonamides is 1. The molecule has 1 aromatic rings. The SMILES string of the molecule is Cl.NC[C@H]1CCC[C@H]1C(=O)Nc1ccc(S(=O)(=O)NCC(F)(F)F)cc1. The summed E-state index contributed by atoms with van der Waals surface area (Å²) in [6.45, 7) is -1.21. The number of amides is 1. The minimum absolute atomic E-state index is 0. The number of nitrogens with one attached hydrogen (secondary N) is 2. The van der Waals surface area contributed by atoms with Crippen molar-refractivity contribution >= 4 is 34.0 Å². The predicted molar refractivity (Wildman–Crippen MR) is 93.4 cm³/mol. The second-order valence-electron chi connectivity index (χ2n) is 5.99. The number of anilines is 1. The molecule has 0 bridgehead atoms. The van der Waals surface area contributed by atoms with Gasteiger partial charge in [0, 0.05) is 11.6 Å². The second kappa shape index (κ2) is 9.03. The Morgan fingerprint density at radius 2 is 1.81 bits per heavy atom. The molecule has 0 spiro atoms. The van der Waals surface area contributed by atoms with E-state index in [1.807, 2.05) is 0 Å². The zero-order chi connectivity index (χ0) is 18.7. The second-order valence-corrected chi connectivity index (χ2v) is 7.75. The molecule has 1 aliphatic carbocycles. The van der Waals surface area contributed by atoms with Gasteiger partial charge >= 0.3 is 6.18 Å². The monoisotopic (exact) mass is 415 g/mol. The third-order valence-corrected chi connectivity index (χ3v) is 5.61. The first kappa shape index (κ1) is 22.7. The van der Waals surface area contributed by atoms with Crippen molar-refractivity contribution in [2.24, 2.45) is 17.6 Å². The van der Waals surface area contributed by atoms with E-state index in [9.17, 15) is 26.4 Å². The average Bonchev–Trinajstić information content (AvgIpc) is 3.02. The van der Waals surface area contributed by atoms with E-state index < -0.39 is 22.7 Å². The molecule has 148 valence electrons. The molecule has 0 unspecified atom stereocenters. The number of rotatable bonds is 6. The van der Waals surface area contributed by atoms with Crippen LogP contribution in [0.4, 0.5) is 18.9 Å². The molecule has 0 heterocycles. The molecule has 1 fully saturated rings. The van der Waals surface area contributed by atoms with E-state index in [1.165, 1.54) is 16.9 Å². The van der Waals surface area contributed by atoms with Crippen molar-refractivity contribution in [1.82, 2.24) is 4.72 Å². The van der Waals surface area contributed by atoms with Crippen LogP contribution in [0.1, 0.15) is 19.3 Å². The maximum Gasteiger partial charge on any atom is 0.402 e. The van der Waals surface area contributed by atoms with Crippen molar-refractivity contribution in [2.45, 2.75) is 30.3 Å². The maximum absolute atomic E-state index is 12.3. The van der Waals surface area contributed by atoms with Crippen LogP contribution in [-0.2, 0) is 14.8 Å². The van der Waals surface area contributed by atoms with Gasteiger partial charge in [0.1, 0.15) is 6.54 Å². The number of carbonyl (C=O) groups is 1. The van der Waals surface area contributed by atoms with Crippen molar-refractivity contribution in [2.75, 3.05) is 18.4 Å². The fraction of sp³-hybridized carbons (Fsp3) is 0.533. The van der Waals surface area contributed by atoms with E-state index in [1.54, 1.807) is 0 Å². The van der Waals surface area contributed by atoms with Gasteiger partial charge in [-0.05, 0) is 49.6 Å². The third-order valence-electron chi connectivity index (χ3n) is 4.19. The van der Waals surface area contributed by atoms with Crippen LogP contribution in [0.25, 0.3) is 0 Å². The van der Waals surface area contributed by atoms with E-state index in [0.29, 0.717) is 12.2 Å². The molecule has 0 saturated heterocycles. The molecule has 1 saturated carbocycles. The van der Waals surface area contributed by atoms with E-state index >= 15 is 0 Å². The van der Waals surface area contributed by atoms with Crippen LogP contribution in [0.3, 0.4) is 0 Å². The predicted octanol–water partition coefficient (Wildman–Crippen LogP) is 2.26. The van der Waals surface area contributed by atoms with Gasteiger partial charge in [0.05, 0.1) is 4.90 Å². The van der Waals surface area contributed by atoms with Crippen LogP contribution in [0.5, 0.6) is 0 Å². The highest BCUT2D eigenvalue weighted by Gasteiger charge is 2.32. The molecular weight excluding hydrogens is 395 g/mol. The van der Waals surface area contributed by atoms with Crippen LogP contribution in [0, 0.1) is 11.8 Å². The standard InChI is InChI=1S/C15H20F3N3O3S.ClH/c16-15(17,18)9-20-25(23,24)12-6-4-11(5-7-12)21-14(22)13-3-1-2-10(13)8-19;/h4-7,10,13,20H,1-3,8-9,19H2,(H,21,22);1H/t10-,13-;/m1./s1. The Labute approximate surface area is 156 Å². The van der Waals surface area contributed by atoms with Crippen molar-refractivity contribution in [3.05, 3.63) is 24.3 Å². The van der Waals surface area contributed by atoms with Gasteiger partial charge in [0.25, 0.3) is 0 Å². The van der Waals surface area contributed by atoms with Gasteiger partial charge in [-0.15, -0.1) is 12.4 Å². The normalized spacial score (nSPS) is 20.5.